The molecule has 2 aliphatic heterocycles. The lowest BCUT2D eigenvalue weighted by molar-refractivity contribution is 0.169. The fourth-order valence-corrected chi connectivity index (χ4v) is 4.09. The fraction of sp³-hybridized carbons (Fsp3) is 0.789. The van der Waals surface area contributed by atoms with Crippen LogP contribution in [0.5, 0.6) is 0 Å². The molecule has 4 rings (SSSR count). The number of nitrogens with one attached hydrogen (secondary N) is 1. The van der Waals surface area contributed by atoms with E-state index >= 15 is 0 Å². The van der Waals surface area contributed by atoms with Crippen LogP contribution < -0.4 is 5.32 Å². The zero-order valence-electron chi connectivity index (χ0n) is 16.3. The highest BCUT2D eigenvalue weighted by atomic mass is 127. The molecule has 1 aromatic heterocycles. The maximum Gasteiger partial charge on any atom is 0.194 e. The summed E-state index contributed by atoms with van der Waals surface area (Å²) in [6.45, 7) is 11.6. The van der Waals surface area contributed by atoms with Gasteiger partial charge in [0.25, 0.3) is 0 Å². The first-order valence-corrected chi connectivity index (χ1v) is 10.2. The molecule has 3 heterocycles. The summed E-state index contributed by atoms with van der Waals surface area (Å²) in [6, 6.07) is 2.85. The maximum absolute atomic E-state index is 4.99. The van der Waals surface area contributed by atoms with Gasteiger partial charge in [-0.25, -0.2) is 0 Å². The number of aliphatic imine (C=N–C) groups is 1. The van der Waals surface area contributed by atoms with Crippen molar-refractivity contribution in [1.82, 2.24) is 25.2 Å². The number of nitrogens with zero attached hydrogens (tertiary/aromatic N) is 5. The van der Waals surface area contributed by atoms with E-state index in [1.807, 2.05) is 6.07 Å². The number of aromatic nitrogens is 1. The van der Waals surface area contributed by atoms with Gasteiger partial charge in [0.05, 0.1) is 5.69 Å². The van der Waals surface area contributed by atoms with Gasteiger partial charge in [-0.05, 0) is 38.6 Å². The highest BCUT2D eigenvalue weighted by Crippen LogP contribution is 2.31. The number of guanidine groups is 1. The van der Waals surface area contributed by atoms with E-state index in [2.05, 4.69) is 32.1 Å². The predicted molar refractivity (Wildman–Crippen MR) is 117 cm³/mol. The first-order valence-electron chi connectivity index (χ1n) is 10.2. The minimum absolute atomic E-state index is 0. The molecule has 1 atom stereocenters. The average Bonchev–Trinajstić information content (AvgIpc) is 3.18. The third-order valence-corrected chi connectivity index (χ3v) is 5.76. The molecule has 3 aliphatic rings. The Morgan fingerprint density at radius 2 is 2.04 bits per heavy atom. The molecule has 1 N–H and O–H groups in total. The molecule has 0 amide bonds. The molecule has 27 heavy (non-hydrogen) atoms. The molecule has 1 aromatic rings. The molecule has 1 unspecified atom stereocenters. The van der Waals surface area contributed by atoms with Gasteiger partial charge in [-0.2, -0.15) is 0 Å². The van der Waals surface area contributed by atoms with Crippen LogP contribution in [0, 0.1) is 5.92 Å². The number of rotatable bonds is 6. The van der Waals surface area contributed by atoms with Crippen LogP contribution in [0.25, 0.3) is 0 Å². The van der Waals surface area contributed by atoms with Crippen LogP contribution in [0.2, 0.25) is 0 Å². The van der Waals surface area contributed by atoms with Crippen molar-refractivity contribution in [3.05, 3.63) is 18.0 Å². The molecule has 1 saturated carbocycles. The van der Waals surface area contributed by atoms with Gasteiger partial charge in [0, 0.05) is 64.5 Å². The van der Waals surface area contributed by atoms with E-state index in [9.17, 15) is 0 Å². The molecular formula is C19H33IN6O. The van der Waals surface area contributed by atoms with Crippen molar-refractivity contribution in [2.75, 3.05) is 52.4 Å². The van der Waals surface area contributed by atoms with Gasteiger partial charge in [-0.15, -0.1) is 24.0 Å². The lowest BCUT2D eigenvalue weighted by atomic mass is 10.1. The normalized spacial score (nSPS) is 24.9. The lowest BCUT2D eigenvalue weighted by Crippen LogP contribution is -2.52. The van der Waals surface area contributed by atoms with Crippen LogP contribution in [-0.4, -0.2) is 84.2 Å². The van der Waals surface area contributed by atoms with Crippen LogP contribution >= 0.6 is 24.0 Å². The Kier molecular flexibility index (Phi) is 7.77. The largest absolute Gasteiger partial charge is 0.364 e. The minimum Gasteiger partial charge on any atom is -0.364 e. The third kappa shape index (κ3) is 5.80. The average molecular weight is 488 g/mol. The third-order valence-electron chi connectivity index (χ3n) is 5.76. The number of piperazine rings is 1. The first kappa shape index (κ1) is 20.9. The van der Waals surface area contributed by atoms with Crippen molar-refractivity contribution < 1.29 is 4.52 Å². The monoisotopic (exact) mass is 488 g/mol. The van der Waals surface area contributed by atoms with E-state index in [1.165, 1.54) is 32.4 Å². The van der Waals surface area contributed by atoms with Crippen LogP contribution in [-0.2, 0) is 6.54 Å². The molecule has 1 aliphatic carbocycles. The fourth-order valence-electron chi connectivity index (χ4n) is 4.09. The molecule has 0 radical (unpaired) electrons. The predicted octanol–water partition coefficient (Wildman–Crippen LogP) is 1.86. The summed E-state index contributed by atoms with van der Waals surface area (Å²) < 4.78 is 4.93. The van der Waals surface area contributed by atoms with Crippen LogP contribution in [0.3, 0.4) is 0 Å². The molecular weight excluding hydrogens is 455 g/mol. The summed E-state index contributed by atoms with van der Waals surface area (Å²) >= 11 is 0. The van der Waals surface area contributed by atoms with Gasteiger partial charge < -0.3 is 19.6 Å². The Hall–Kier alpha value is -0.870. The molecule has 0 bridgehead atoms. The van der Waals surface area contributed by atoms with E-state index in [4.69, 9.17) is 9.52 Å². The van der Waals surface area contributed by atoms with Crippen molar-refractivity contribution in [1.29, 1.82) is 0 Å². The molecule has 8 heteroatoms. The number of hydrogen-bond donors (Lipinski definition) is 1. The van der Waals surface area contributed by atoms with Crippen molar-refractivity contribution >= 4 is 29.9 Å². The summed E-state index contributed by atoms with van der Waals surface area (Å²) in [5.41, 5.74) is 1.01. The first-order chi connectivity index (χ1) is 12.8. The van der Waals surface area contributed by atoms with E-state index in [1.54, 1.807) is 6.26 Å². The topological polar surface area (TPSA) is 60.1 Å². The summed E-state index contributed by atoms with van der Waals surface area (Å²) in [5.74, 6) is 1.83. The molecule has 3 fully saturated rings. The summed E-state index contributed by atoms with van der Waals surface area (Å²) in [6.07, 6.45) is 5.79. The van der Waals surface area contributed by atoms with Crippen molar-refractivity contribution in [3.63, 3.8) is 0 Å². The Balaban J connectivity index is 0.00000210. The van der Waals surface area contributed by atoms with Crippen molar-refractivity contribution in [2.24, 2.45) is 10.9 Å². The van der Waals surface area contributed by atoms with Gasteiger partial charge in [0.15, 0.2) is 5.96 Å². The molecule has 7 nitrogen and oxygen atoms in total. The van der Waals surface area contributed by atoms with Crippen LogP contribution in [0.1, 0.15) is 31.9 Å². The van der Waals surface area contributed by atoms with E-state index < -0.39 is 0 Å². The smallest absolute Gasteiger partial charge is 0.194 e. The lowest BCUT2D eigenvalue weighted by Gasteiger charge is -2.36. The number of hydrogen-bond acceptors (Lipinski definition) is 5. The SMILES string of the molecule is CCNC(=NCC1CCN(C2CC2)C1)N1CCN(Cc2ccon2)CC1.I. The summed E-state index contributed by atoms with van der Waals surface area (Å²) in [7, 11) is 0. The second kappa shape index (κ2) is 10.1. The number of halogens is 1. The van der Waals surface area contributed by atoms with Gasteiger partial charge in [0.1, 0.15) is 6.26 Å². The maximum atomic E-state index is 4.99. The zero-order valence-corrected chi connectivity index (χ0v) is 18.7. The van der Waals surface area contributed by atoms with Gasteiger partial charge in [-0.3, -0.25) is 9.89 Å². The molecule has 0 aromatic carbocycles. The summed E-state index contributed by atoms with van der Waals surface area (Å²) in [5, 5.41) is 7.52. The standard InChI is InChI=1S/C19H32N6O.HI/c1-2-20-19(21-13-16-5-7-25(14-16)18-3-4-18)24-10-8-23(9-11-24)15-17-6-12-26-22-17;/h6,12,16,18H,2-5,7-11,13-15H2,1H3,(H,20,21);1H. The van der Waals surface area contributed by atoms with Gasteiger partial charge in [-0.1, -0.05) is 5.16 Å². The Morgan fingerprint density at radius 1 is 1.22 bits per heavy atom. The molecule has 0 spiro atoms. The highest BCUT2D eigenvalue weighted by Gasteiger charge is 2.34. The van der Waals surface area contributed by atoms with Gasteiger partial charge >= 0.3 is 0 Å². The Bertz CT molecular complexity index is 583. The van der Waals surface area contributed by atoms with Crippen LogP contribution in [0.15, 0.2) is 21.8 Å². The van der Waals surface area contributed by atoms with Crippen molar-refractivity contribution in [3.8, 4) is 0 Å². The highest BCUT2D eigenvalue weighted by molar-refractivity contribution is 14.0. The minimum atomic E-state index is 0. The molecule has 2 saturated heterocycles. The number of likely N-dealkylation sites (tertiary alicyclic amines) is 1. The Labute approximate surface area is 179 Å². The zero-order chi connectivity index (χ0) is 17.8. The summed E-state index contributed by atoms with van der Waals surface area (Å²) in [4.78, 5) is 12.5. The van der Waals surface area contributed by atoms with Crippen molar-refractivity contribution in [2.45, 2.75) is 38.8 Å². The van der Waals surface area contributed by atoms with Gasteiger partial charge in [0.2, 0.25) is 0 Å². The quantitative estimate of drug-likeness (QED) is 0.375. The van der Waals surface area contributed by atoms with E-state index in [-0.39, 0.29) is 24.0 Å². The Morgan fingerprint density at radius 3 is 2.70 bits per heavy atom. The van der Waals surface area contributed by atoms with E-state index in [0.717, 1.165) is 69.4 Å². The molecule has 152 valence electrons. The second-order valence-electron chi connectivity index (χ2n) is 7.83. The second-order valence-corrected chi connectivity index (χ2v) is 7.83. The van der Waals surface area contributed by atoms with E-state index in [0.29, 0.717) is 0 Å². The van der Waals surface area contributed by atoms with Crippen LogP contribution in [0.4, 0.5) is 0 Å².